The molecular formula is C9H18FNO3. The predicted octanol–water partition coefficient (Wildman–Crippen LogP) is -0.308. The highest BCUT2D eigenvalue weighted by Gasteiger charge is 2.48. The fourth-order valence-corrected chi connectivity index (χ4v) is 2.00. The molecule has 0 radical (unpaired) electrons. The lowest BCUT2D eigenvalue weighted by Gasteiger charge is -2.43. The topological polar surface area (TPSA) is 64.7 Å². The van der Waals surface area contributed by atoms with Crippen LogP contribution in [0.5, 0.6) is 0 Å². The summed E-state index contributed by atoms with van der Waals surface area (Å²) in [4.78, 5) is 0. The van der Waals surface area contributed by atoms with Crippen molar-refractivity contribution in [3.05, 3.63) is 0 Å². The second-order valence-corrected chi connectivity index (χ2v) is 3.77. The Bertz CT molecular complexity index is 173. The maximum atomic E-state index is 13.5. The summed E-state index contributed by atoms with van der Waals surface area (Å²) in [6, 6.07) is -0.747. The number of nitrogens with two attached hydrogens (primary N) is 1. The van der Waals surface area contributed by atoms with Crippen molar-refractivity contribution in [2.75, 3.05) is 14.2 Å². The smallest absolute Gasteiger partial charge is 0.123 e. The Morgan fingerprint density at radius 1 is 1.21 bits per heavy atom. The Morgan fingerprint density at radius 2 is 1.71 bits per heavy atom. The Kier molecular flexibility index (Phi) is 3.83. The minimum atomic E-state index is -1.26. The second-order valence-electron chi connectivity index (χ2n) is 3.77. The summed E-state index contributed by atoms with van der Waals surface area (Å²) in [6.45, 7) is 1.62. The van der Waals surface area contributed by atoms with Gasteiger partial charge in [0.15, 0.2) is 0 Å². The number of hydrogen-bond acceptors (Lipinski definition) is 4. The average molecular weight is 207 g/mol. The van der Waals surface area contributed by atoms with E-state index in [1.165, 1.54) is 14.2 Å². The molecule has 0 aliphatic heterocycles. The van der Waals surface area contributed by atoms with Gasteiger partial charge in [0.1, 0.15) is 18.4 Å². The predicted molar refractivity (Wildman–Crippen MR) is 49.6 cm³/mol. The van der Waals surface area contributed by atoms with Crippen LogP contribution in [0.15, 0.2) is 0 Å². The molecule has 0 aromatic rings. The summed E-state index contributed by atoms with van der Waals surface area (Å²) < 4.78 is 23.7. The van der Waals surface area contributed by atoms with Crippen molar-refractivity contribution in [3.63, 3.8) is 0 Å². The van der Waals surface area contributed by atoms with Crippen molar-refractivity contribution in [1.29, 1.82) is 0 Å². The fourth-order valence-electron chi connectivity index (χ4n) is 2.00. The van der Waals surface area contributed by atoms with Crippen LogP contribution in [-0.4, -0.2) is 49.9 Å². The molecule has 0 aromatic carbocycles. The van der Waals surface area contributed by atoms with Gasteiger partial charge in [0.2, 0.25) is 0 Å². The van der Waals surface area contributed by atoms with Crippen LogP contribution >= 0.6 is 0 Å². The van der Waals surface area contributed by atoms with Gasteiger partial charge in [-0.25, -0.2) is 4.39 Å². The third-order valence-corrected chi connectivity index (χ3v) is 2.99. The Labute approximate surface area is 83.2 Å². The van der Waals surface area contributed by atoms with Crippen LogP contribution in [0.1, 0.15) is 6.92 Å². The van der Waals surface area contributed by atoms with Gasteiger partial charge in [-0.15, -0.1) is 0 Å². The number of aliphatic hydroxyl groups excluding tert-OH is 1. The van der Waals surface area contributed by atoms with Gasteiger partial charge in [-0.3, -0.25) is 0 Å². The first-order valence-electron chi connectivity index (χ1n) is 4.68. The van der Waals surface area contributed by atoms with E-state index in [-0.39, 0.29) is 0 Å². The number of halogens is 1. The summed E-state index contributed by atoms with van der Waals surface area (Å²) in [6.07, 6.45) is -3.29. The minimum absolute atomic E-state index is 0.527. The van der Waals surface area contributed by atoms with Gasteiger partial charge in [-0.05, 0) is 0 Å². The standard InChI is InChI=1S/C9H18FNO3/c1-4-5(10)6(11)8(13-2)9(14-3)7(4)12/h4-9,12H,11H2,1-3H3/t4-,5-,6+,7+,8-,9-/m1/s1. The minimum Gasteiger partial charge on any atom is -0.390 e. The zero-order valence-corrected chi connectivity index (χ0v) is 8.68. The largest absolute Gasteiger partial charge is 0.390 e. The molecule has 84 valence electrons. The average Bonchev–Trinajstić information content (AvgIpc) is 2.20. The normalized spacial score (nSPS) is 49.3. The number of ether oxygens (including phenoxy) is 2. The third kappa shape index (κ3) is 1.77. The highest BCUT2D eigenvalue weighted by Crippen LogP contribution is 2.30. The molecule has 3 N–H and O–H groups in total. The fraction of sp³-hybridized carbons (Fsp3) is 1.00. The molecule has 1 rings (SSSR count). The molecule has 0 heterocycles. The molecule has 1 aliphatic carbocycles. The molecule has 0 spiro atoms. The van der Waals surface area contributed by atoms with E-state index >= 15 is 0 Å². The third-order valence-electron chi connectivity index (χ3n) is 2.99. The van der Waals surface area contributed by atoms with Crippen LogP contribution in [0, 0.1) is 5.92 Å². The summed E-state index contributed by atoms with van der Waals surface area (Å²) >= 11 is 0. The number of methoxy groups -OCH3 is 2. The molecule has 6 atom stereocenters. The van der Waals surface area contributed by atoms with Crippen molar-refractivity contribution in [1.82, 2.24) is 0 Å². The molecule has 5 heteroatoms. The Morgan fingerprint density at radius 3 is 2.14 bits per heavy atom. The van der Waals surface area contributed by atoms with E-state index in [0.29, 0.717) is 0 Å². The molecule has 0 unspecified atom stereocenters. The number of aliphatic hydroxyl groups is 1. The highest BCUT2D eigenvalue weighted by molar-refractivity contribution is 5.00. The quantitative estimate of drug-likeness (QED) is 0.652. The van der Waals surface area contributed by atoms with Crippen LogP contribution in [0.2, 0.25) is 0 Å². The zero-order chi connectivity index (χ0) is 10.9. The number of rotatable bonds is 2. The van der Waals surface area contributed by atoms with E-state index in [0.717, 1.165) is 0 Å². The van der Waals surface area contributed by atoms with Crippen LogP contribution in [-0.2, 0) is 9.47 Å². The maximum Gasteiger partial charge on any atom is 0.123 e. The van der Waals surface area contributed by atoms with Crippen molar-refractivity contribution < 1.29 is 19.0 Å². The molecular weight excluding hydrogens is 189 g/mol. The van der Waals surface area contributed by atoms with E-state index < -0.39 is 36.4 Å². The first-order valence-corrected chi connectivity index (χ1v) is 4.68. The van der Waals surface area contributed by atoms with Crippen molar-refractivity contribution in [3.8, 4) is 0 Å². The monoisotopic (exact) mass is 207 g/mol. The van der Waals surface area contributed by atoms with Crippen LogP contribution in [0.25, 0.3) is 0 Å². The van der Waals surface area contributed by atoms with Crippen molar-refractivity contribution in [2.45, 2.75) is 37.4 Å². The van der Waals surface area contributed by atoms with E-state index in [9.17, 15) is 9.50 Å². The van der Waals surface area contributed by atoms with Gasteiger partial charge in [-0.2, -0.15) is 0 Å². The first-order chi connectivity index (χ1) is 6.54. The summed E-state index contributed by atoms with van der Waals surface area (Å²) in [5, 5.41) is 9.73. The lowest BCUT2D eigenvalue weighted by Crippen LogP contribution is -2.63. The molecule has 1 fully saturated rings. The maximum absolute atomic E-state index is 13.5. The van der Waals surface area contributed by atoms with Gasteiger partial charge < -0.3 is 20.3 Å². The van der Waals surface area contributed by atoms with Gasteiger partial charge >= 0.3 is 0 Å². The molecule has 0 bridgehead atoms. The lowest BCUT2D eigenvalue weighted by atomic mass is 9.79. The van der Waals surface area contributed by atoms with Crippen LogP contribution in [0.4, 0.5) is 4.39 Å². The molecule has 14 heavy (non-hydrogen) atoms. The SMILES string of the molecule is CO[C@@H]1[C@@H](N)[C@H](F)[C@@H](C)[C@H](O)[C@H]1OC. The van der Waals surface area contributed by atoms with Gasteiger partial charge in [0.25, 0.3) is 0 Å². The van der Waals surface area contributed by atoms with Crippen molar-refractivity contribution >= 4 is 0 Å². The van der Waals surface area contributed by atoms with E-state index in [4.69, 9.17) is 15.2 Å². The zero-order valence-electron chi connectivity index (χ0n) is 8.68. The van der Waals surface area contributed by atoms with E-state index in [1.54, 1.807) is 6.92 Å². The molecule has 0 amide bonds. The first kappa shape index (κ1) is 11.8. The highest BCUT2D eigenvalue weighted by atomic mass is 19.1. The molecule has 0 saturated heterocycles. The lowest BCUT2D eigenvalue weighted by molar-refractivity contribution is -0.162. The van der Waals surface area contributed by atoms with E-state index in [1.807, 2.05) is 0 Å². The summed E-state index contributed by atoms with van der Waals surface area (Å²) in [5.41, 5.74) is 5.66. The van der Waals surface area contributed by atoms with Gasteiger partial charge in [0.05, 0.1) is 12.1 Å². The van der Waals surface area contributed by atoms with Crippen LogP contribution in [0.3, 0.4) is 0 Å². The van der Waals surface area contributed by atoms with Gasteiger partial charge in [-0.1, -0.05) is 6.92 Å². The number of hydrogen-bond donors (Lipinski definition) is 2. The summed E-state index contributed by atoms with van der Waals surface area (Å²) in [5.74, 6) is -0.527. The second kappa shape index (κ2) is 4.53. The summed E-state index contributed by atoms with van der Waals surface area (Å²) in [7, 11) is 2.89. The Hall–Kier alpha value is -0.230. The molecule has 4 nitrogen and oxygen atoms in total. The molecule has 0 aromatic heterocycles. The Balaban J connectivity index is 2.84. The van der Waals surface area contributed by atoms with Crippen molar-refractivity contribution in [2.24, 2.45) is 11.7 Å². The van der Waals surface area contributed by atoms with Crippen LogP contribution < -0.4 is 5.73 Å². The van der Waals surface area contributed by atoms with Gasteiger partial charge in [0, 0.05) is 20.1 Å². The number of alkyl halides is 1. The molecule has 1 saturated carbocycles. The molecule has 1 aliphatic rings. The van der Waals surface area contributed by atoms with E-state index in [2.05, 4.69) is 0 Å².